The van der Waals surface area contributed by atoms with E-state index in [0.717, 1.165) is 13.0 Å². The minimum Gasteiger partial charge on any atom is -0.380 e. The van der Waals surface area contributed by atoms with E-state index >= 15 is 0 Å². The molecule has 0 bridgehead atoms. The summed E-state index contributed by atoms with van der Waals surface area (Å²) in [5, 5.41) is 0.557. The van der Waals surface area contributed by atoms with Crippen LogP contribution < -0.4 is 0 Å². The van der Waals surface area contributed by atoms with E-state index in [4.69, 9.17) is 4.74 Å². The van der Waals surface area contributed by atoms with E-state index in [1.807, 2.05) is 11.8 Å². The summed E-state index contributed by atoms with van der Waals surface area (Å²) in [6, 6.07) is 8.64. The van der Waals surface area contributed by atoms with Gasteiger partial charge in [-0.2, -0.15) is 0 Å². The van der Waals surface area contributed by atoms with E-state index in [1.54, 1.807) is 7.11 Å². The molecule has 0 saturated carbocycles. The fraction of sp³-hybridized carbons (Fsp3) is 0.412. The zero-order valence-electron chi connectivity index (χ0n) is 12.2. The zero-order chi connectivity index (χ0) is 13.8. The van der Waals surface area contributed by atoms with Crippen LogP contribution in [-0.2, 0) is 4.74 Å². The Bertz CT molecular complexity index is 514. The van der Waals surface area contributed by atoms with Crippen LogP contribution >= 0.6 is 11.8 Å². The van der Waals surface area contributed by atoms with E-state index in [2.05, 4.69) is 51.1 Å². The molecule has 2 rings (SSSR count). The normalized spacial score (nSPS) is 19.6. The number of thioether (sulfide) groups is 1. The molecule has 0 fully saturated rings. The van der Waals surface area contributed by atoms with Gasteiger partial charge in [0, 0.05) is 17.3 Å². The van der Waals surface area contributed by atoms with Crippen LogP contribution in [0.5, 0.6) is 0 Å². The highest BCUT2D eigenvalue weighted by Gasteiger charge is 2.19. The van der Waals surface area contributed by atoms with Gasteiger partial charge in [0.05, 0.1) is 6.61 Å². The van der Waals surface area contributed by atoms with Crippen LogP contribution in [0.15, 0.2) is 45.9 Å². The zero-order valence-corrected chi connectivity index (χ0v) is 13.0. The molecule has 0 aliphatic carbocycles. The van der Waals surface area contributed by atoms with Crippen LogP contribution in [0.2, 0.25) is 0 Å². The lowest BCUT2D eigenvalue weighted by Crippen LogP contribution is -2.10. The Hall–Kier alpha value is -0.990. The van der Waals surface area contributed by atoms with Gasteiger partial charge in [0.1, 0.15) is 0 Å². The molecule has 1 aromatic carbocycles. The Morgan fingerprint density at radius 3 is 2.68 bits per heavy atom. The van der Waals surface area contributed by atoms with Crippen molar-refractivity contribution in [3.8, 4) is 0 Å². The summed E-state index contributed by atoms with van der Waals surface area (Å²) in [6.07, 6.45) is 3.44. The van der Waals surface area contributed by atoms with E-state index in [0.29, 0.717) is 5.25 Å². The number of benzene rings is 1. The molecule has 1 unspecified atom stereocenters. The maximum absolute atomic E-state index is 5.22. The van der Waals surface area contributed by atoms with Crippen molar-refractivity contribution in [1.82, 2.24) is 0 Å². The second-order valence-electron chi connectivity index (χ2n) is 5.23. The van der Waals surface area contributed by atoms with Crippen molar-refractivity contribution >= 4 is 17.8 Å². The molecule has 102 valence electrons. The lowest BCUT2D eigenvalue weighted by molar-refractivity contribution is 0.225. The molecule has 0 aromatic heterocycles. The van der Waals surface area contributed by atoms with Crippen molar-refractivity contribution in [2.24, 2.45) is 0 Å². The highest BCUT2D eigenvalue weighted by atomic mass is 32.2. The SMILES string of the molecule is COC/C(C)=C(/C)CC1Sc2ccccc2C=C1C. The molecule has 0 radical (unpaired) electrons. The molecule has 19 heavy (non-hydrogen) atoms. The van der Waals surface area contributed by atoms with Crippen LogP contribution in [-0.4, -0.2) is 19.0 Å². The Kier molecular flexibility index (Phi) is 4.89. The first-order valence-electron chi connectivity index (χ1n) is 6.70. The first-order valence-corrected chi connectivity index (χ1v) is 7.58. The van der Waals surface area contributed by atoms with Gasteiger partial charge in [-0.15, -0.1) is 11.8 Å². The second-order valence-corrected chi connectivity index (χ2v) is 6.48. The molecule has 1 aliphatic heterocycles. The Morgan fingerprint density at radius 2 is 1.95 bits per heavy atom. The highest BCUT2D eigenvalue weighted by molar-refractivity contribution is 8.00. The van der Waals surface area contributed by atoms with E-state index < -0.39 is 0 Å². The standard InChI is InChI=1S/C17H22OS/c1-12(14(3)11-18-4)10-17-13(2)9-15-7-5-6-8-16(15)19-17/h5-9,17H,10-11H2,1-4H3/b14-12-. The van der Waals surface area contributed by atoms with Gasteiger partial charge in [-0.1, -0.05) is 35.4 Å². The first-order chi connectivity index (χ1) is 9.11. The van der Waals surface area contributed by atoms with Crippen molar-refractivity contribution in [2.75, 3.05) is 13.7 Å². The molecule has 0 N–H and O–H groups in total. The fourth-order valence-electron chi connectivity index (χ4n) is 2.29. The molecule has 1 aromatic rings. The predicted octanol–water partition coefficient (Wildman–Crippen LogP) is 4.94. The van der Waals surface area contributed by atoms with Crippen molar-refractivity contribution in [1.29, 1.82) is 0 Å². The van der Waals surface area contributed by atoms with Crippen molar-refractivity contribution in [3.63, 3.8) is 0 Å². The third-order valence-electron chi connectivity index (χ3n) is 3.66. The fourth-order valence-corrected chi connectivity index (χ4v) is 3.60. The van der Waals surface area contributed by atoms with Crippen molar-refractivity contribution in [2.45, 2.75) is 37.3 Å². The molecule has 0 spiro atoms. The Labute approximate surface area is 120 Å². The van der Waals surface area contributed by atoms with Gasteiger partial charge in [0.2, 0.25) is 0 Å². The van der Waals surface area contributed by atoms with Crippen LogP contribution in [0.1, 0.15) is 32.8 Å². The number of allylic oxidation sites excluding steroid dienone is 1. The Morgan fingerprint density at radius 1 is 1.21 bits per heavy atom. The summed E-state index contributed by atoms with van der Waals surface area (Å²) >= 11 is 1.99. The molecule has 1 heterocycles. The number of ether oxygens (including phenoxy) is 1. The molecule has 1 aliphatic rings. The number of methoxy groups -OCH3 is 1. The summed E-state index contributed by atoms with van der Waals surface area (Å²) in [5.74, 6) is 0. The van der Waals surface area contributed by atoms with Gasteiger partial charge in [-0.3, -0.25) is 0 Å². The molecule has 1 atom stereocenters. The smallest absolute Gasteiger partial charge is 0.0672 e. The van der Waals surface area contributed by atoms with Crippen molar-refractivity contribution < 1.29 is 4.74 Å². The Balaban J connectivity index is 2.15. The molecule has 0 amide bonds. The second kappa shape index (κ2) is 6.44. The van der Waals surface area contributed by atoms with Gasteiger partial charge < -0.3 is 4.74 Å². The minimum atomic E-state index is 0.557. The largest absolute Gasteiger partial charge is 0.380 e. The molecular formula is C17H22OS. The summed E-state index contributed by atoms with van der Waals surface area (Å²) < 4.78 is 5.22. The van der Waals surface area contributed by atoms with Crippen molar-refractivity contribution in [3.05, 3.63) is 46.5 Å². The summed E-state index contributed by atoms with van der Waals surface area (Å²) in [4.78, 5) is 1.40. The van der Waals surface area contributed by atoms with Gasteiger partial charge in [0.25, 0.3) is 0 Å². The number of rotatable bonds is 4. The van der Waals surface area contributed by atoms with Gasteiger partial charge in [0.15, 0.2) is 0 Å². The number of hydrogen-bond acceptors (Lipinski definition) is 2. The van der Waals surface area contributed by atoms with Crippen LogP contribution in [0.3, 0.4) is 0 Å². The molecule has 2 heteroatoms. The monoisotopic (exact) mass is 274 g/mol. The summed E-state index contributed by atoms with van der Waals surface area (Å²) in [7, 11) is 1.76. The molecule has 0 saturated heterocycles. The quantitative estimate of drug-likeness (QED) is 0.719. The van der Waals surface area contributed by atoms with Crippen LogP contribution in [0.4, 0.5) is 0 Å². The van der Waals surface area contributed by atoms with Crippen LogP contribution in [0.25, 0.3) is 6.08 Å². The van der Waals surface area contributed by atoms with Crippen LogP contribution in [0, 0.1) is 0 Å². The topological polar surface area (TPSA) is 9.23 Å². The highest BCUT2D eigenvalue weighted by Crippen LogP contribution is 2.39. The summed E-state index contributed by atoms with van der Waals surface area (Å²) in [6.45, 7) is 7.37. The lowest BCUT2D eigenvalue weighted by atomic mass is 10.0. The van der Waals surface area contributed by atoms with E-state index in [1.165, 1.54) is 27.2 Å². The maximum atomic E-state index is 5.22. The summed E-state index contributed by atoms with van der Waals surface area (Å²) in [5.41, 5.74) is 5.63. The van der Waals surface area contributed by atoms with E-state index in [9.17, 15) is 0 Å². The van der Waals surface area contributed by atoms with Gasteiger partial charge in [-0.25, -0.2) is 0 Å². The molecule has 1 nitrogen and oxygen atoms in total. The van der Waals surface area contributed by atoms with Gasteiger partial charge >= 0.3 is 0 Å². The number of hydrogen-bond donors (Lipinski definition) is 0. The average molecular weight is 274 g/mol. The van der Waals surface area contributed by atoms with E-state index in [-0.39, 0.29) is 0 Å². The lowest BCUT2D eigenvalue weighted by Gasteiger charge is -2.24. The van der Waals surface area contributed by atoms with Gasteiger partial charge in [-0.05, 0) is 44.4 Å². The maximum Gasteiger partial charge on any atom is 0.0672 e. The first kappa shape index (κ1) is 14.4. The molecular weight excluding hydrogens is 252 g/mol. The average Bonchev–Trinajstić information content (AvgIpc) is 2.39. The number of fused-ring (bicyclic) bond motifs is 1. The predicted molar refractivity (Wildman–Crippen MR) is 84.6 cm³/mol. The minimum absolute atomic E-state index is 0.557. The third-order valence-corrected chi connectivity index (χ3v) is 5.11. The third kappa shape index (κ3) is 3.52.